The average Bonchev–Trinajstić information content (AvgIpc) is 3.28. The van der Waals surface area contributed by atoms with E-state index in [1.54, 1.807) is 11.8 Å². The van der Waals surface area contributed by atoms with Crippen molar-refractivity contribution in [3.8, 4) is 16.9 Å². The highest BCUT2D eigenvalue weighted by Crippen LogP contribution is 2.24. The first-order valence-electron chi connectivity index (χ1n) is 11.4. The van der Waals surface area contributed by atoms with E-state index in [2.05, 4.69) is 5.32 Å². The van der Waals surface area contributed by atoms with Crippen molar-refractivity contribution in [3.05, 3.63) is 102 Å². The normalized spacial score (nSPS) is 10.6. The summed E-state index contributed by atoms with van der Waals surface area (Å²) in [5, 5.41) is 2.93. The van der Waals surface area contributed by atoms with Crippen LogP contribution in [-0.2, 0) is 16.1 Å². The Labute approximate surface area is 199 Å². The van der Waals surface area contributed by atoms with Gasteiger partial charge in [0.2, 0.25) is 17.8 Å². The maximum absolute atomic E-state index is 13.1. The predicted octanol–water partition coefficient (Wildman–Crippen LogP) is 5.23. The Bertz CT molecular complexity index is 1250. The van der Waals surface area contributed by atoms with E-state index in [-0.39, 0.29) is 18.4 Å². The molecule has 1 aromatic heterocycles. The Morgan fingerprint density at radius 2 is 1.56 bits per heavy atom. The number of hydrogen-bond donors (Lipinski definition) is 1. The smallest absolute Gasteiger partial charge is 0.246 e. The van der Waals surface area contributed by atoms with Crippen LogP contribution in [0.5, 0.6) is 0 Å². The fraction of sp³-hybridized carbons (Fsp3) is 0.179. The quantitative estimate of drug-likeness (QED) is 0.398. The van der Waals surface area contributed by atoms with Crippen LogP contribution in [0.15, 0.2) is 91.1 Å². The van der Waals surface area contributed by atoms with Crippen molar-refractivity contribution in [1.82, 2.24) is 14.5 Å². The molecule has 1 N–H and O–H groups in total. The van der Waals surface area contributed by atoms with E-state index in [1.807, 2.05) is 103 Å². The molecule has 0 atom stereocenters. The van der Waals surface area contributed by atoms with E-state index in [0.29, 0.717) is 18.9 Å². The number of nitrogens with zero attached hydrogens (tertiary/aromatic N) is 3. The van der Waals surface area contributed by atoms with Crippen molar-refractivity contribution in [3.63, 3.8) is 0 Å². The molecule has 0 spiro atoms. The summed E-state index contributed by atoms with van der Waals surface area (Å²) in [6, 6.07) is 27.5. The van der Waals surface area contributed by atoms with Crippen molar-refractivity contribution in [1.29, 1.82) is 0 Å². The molecule has 0 bridgehead atoms. The van der Waals surface area contributed by atoms with Gasteiger partial charge in [-0.1, -0.05) is 85.3 Å². The van der Waals surface area contributed by atoms with Crippen LogP contribution in [-0.4, -0.2) is 32.8 Å². The molecule has 0 aliphatic carbocycles. The third kappa shape index (κ3) is 5.59. The first kappa shape index (κ1) is 23.0. The van der Waals surface area contributed by atoms with E-state index in [4.69, 9.17) is 4.98 Å². The van der Waals surface area contributed by atoms with Crippen LogP contribution in [0.1, 0.15) is 24.5 Å². The lowest BCUT2D eigenvalue weighted by Gasteiger charge is -2.22. The average molecular weight is 453 g/mol. The van der Waals surface area contributed by atoms with E-state index in [0.717, 1.165) is 28.1 Å². The summed E-state index contributed by atoms with van der Waals surface area (Å²) in [7, 11) is 0. The van der Waals surface area contributed by atoms with Gasteiger partial charge >= 0.3 is 0 Å². The van der Waals surface area contributed by atoms with Crippen LogP contribution in [0, 0.1) is 6.92 Å². The van der Waals surface area contributed by atoms with Gasteiger partial charge < -0.3 is 4.90 Å². The minimum absolute atomic E-state index is 0.0526. The lowest BCUT2D eigenvalue weighted by Crippen LogP contribution is -2.37. The van der Waals surface area contributed by atoms with Crippen LogP contribution < -0.4 is 5.32 Å². The Hall–Kier alpha value is -4.19. The zero-order valence-electron chi connectivity index (χ0n) is 19.4. The molecule has 0 unspecified atom stereocenters. The molecule has 3 aromatic carbocycles. The third-order valence-electron chi connectivity index (χ3n) is 5.54. The van der Waals surface area contributed by atoms with Gasteiger partial charge in [-0.3, -0.25) is 19.5 Å². The summed E-state index contributed by atoms with van der Waals surface area (Å²) in [6.07, 6.45) is 2.24. The Morgan fingerprint density at radius 3 is 2.21 bits per heavy atom. The molecule has 0 aliphatic heterocycles. The fourth-order valence-corrected chi connectivity index (χ4v) is 3.72. The molecule has 0 fully saturated rings. The summed E-state index contributed by atoms with van der Waals surface area (Å²) < 4.78 is 1.86. The Morgan fingerprint density at radius 1 is 0.912 bits per heavy atom. The van der Waals surface area contributed by atoms with Crippen molar-refractivity contribution >= 4 is 17.8 Å². The van der Waals surface area contributed by atoms with Gasteiger partial charge in [0, 0.05) is 30.4 Å². The van der Waals surface area contributed by atoms with Gasteiger partial charge in [0.05, 0.1) is 5.69 Å². The zero-order valence-corrected chi connectivity index (χ0v) is 19.4. The number of anilines is 1. The van der Waals surface area contributed by atoms with Gasteiger partial charge in [-0.25, -0.2) is 4.98 Å². The van der Waals surface area contributed by atoms with Crippen LogP contribution in [0.25, 0.3) is 16.9 Å². The number of carbonyl (C=O) groups excluding carboxylic acids is 2. The molecule has 34 heavy (non-hydrogen) atoms. The molecule has 6 heteroatoms. The number of amides is 2. The van der Waals surface area contributed by atoms with Gasteiger partial charge in [0.1, 0.15) is 6.54 Å². The highest BCUT2D eigenvalue weighted by atomic mass is 16.2. The lowest BCUT2D eigenvalue weighted by atomic mass is 10.2. The van der Waals surface area contributed by atoms with Crippen LogP contribution in [0.4, 0.5) is 5.95 Å². The highest BCUT2D eigenvalue weighted by molar-refractivity contribution is 5.93. The summed E-state index contributed by atoms with van der Waals surface area (Å²) in [5.41, 5.74) is 4.72. The number of hydrogen-bond acceptors (Lipinski definition) is 3. The van der Waals surface area contributed by atoms with Crippen molar-refractivity contribution in [2.45, 2.75) is 26.8 Å². The molecule has 172 valence electrons. The summed E-state index contributed by atoms with van der Waals surface area (Å²) >= 11 is 0. The van der Waals surface area contributed by atoms with Crippen LogP contribution in [0.3, 0.4) is 0 Å². The number of nitrogens with one attached hydrogen (secondary N) is 1. The summed E-state index contributed by atoms with van der Waals surface area (Å²) in [4.78, 5) is 31.9. The molecule has 1 heterocycles. The SMILES string of the molecule is CCC(=O)N(CC(=O)Nc1nc(-c2ccccc2)cn1-c1ccc(C)cc1)Cc1ccccc1. The number of imidazole rings is 1. The van der Waals surface area contributed by atoms with E-state index < -0.39 is 0 Å². The second-order valence-electron chi connectivity index (χ2n) is 8.16. The van der Waals surface area contributed by atoms with Gasteiger partial charge in [0.25, 0.3) is 0 Å². The van der Waals surface area contributed by atoms with Gasteiger partial charge in [-0.2, -0.15) is 0 Å². The second kappa shape index (κ2) is 10.6. The monoisotopic (exact) mass is 452 g/mol. The molecule has 0 saturated carbocycles. The highest BCUT2D eigenvalue weighted by Gasteiger charge is 2.19. The van der Waals surface area contributed by atoms with E-state index in [9.17, 15) is 9.59 Å². The molecule has 2 amide bonds. The predicted molar refractivity (Wildman–Crippen MR) is 135 cm³/mol. The van der Waals surface area contributed by atoms with Crippen LogP contribution >= 0.6 is 0 Å². The topological polar surface area (TPSA) is 67.2 Å². The maximum Gasteiger partial charge on any atom is 0.246 e. The molecule has 4 aromatic rings. The van der Waals surface area contributed by atoms with Crippen molar-refractivity contribution in [2.75, 3.05) is 11.9 Å². The zero-order chi connectivity index (χ0) is 23.9. The lowest BCUT2D eigenvalue weighted by molar-refractivity contribution is -0.135. The largest absolute Gasteiger partial charge is 0.329 e. The van der Waals surface area contributed by atoms with Crippen molar-refractivity contribution in [2.24, 2.45) is 0 Å². The molecule has 0 aliphatic rings. The van der Waals surface area contributed by atoms with Gasteiger partial charge in [-0.15, -0.1) is 0 Å². The second-order valence-corrected chi connectivity index (χ2v) is 8.16. The van der Waals surface area contributed by atoms with Gasteiger partial charge in [-0.05, 0) is 24.6 Å². The summed E-state index contributed by atoms with van der Waals surface area (Å²) in [5.74, 6) is 0.0403. The maximum atomic E-state index is 13.1. The molecule has 4 rings (SSSR count). The minimum atomic E-state index is -0.295. The minimum Gasteiger partial charge on any atom is -0.329 e. The first-order valence-corrected chi connectivity index (χ1v) is 11.4. The van der Waals surface area contributed by atoms with Gasteiger partial charge in [0.15, 0.2) is 0 Å². The van der Waals surface area contributed by atoms with E-state index >= 15 is 0 Å². The number of rotatable bonds is 8. The standard InChI is InChI=1S/C28H28N4O2/c1-3-27(34)31(18-22-10-6-4-7-11-22)20-26(33)30-28-29-25(23-12-8-5-9-13-23)19-32(28)24-16-14-21(2)15-17-24/h4-17,19H,3,18,20H2,1-2H3,(H,29,30,33). The fourth-order valence-electron chi connectivity index (χ4n) is 3.72. The number of aryl methyl sites for hydroxylation is 1. The van der Waals surface area contributed by atoms with E-state index in [1.165, 1.54) is 0 Å². The molecular formula is C28H28N4O2. The number of benzene rings is 3. The van der Waals surface area contributed by atoms with Crippen LogP contribution in [0.2, 0.25) is 0 Å². The molecule has 0 saturated heterocycles. The number of carbonyl (C=O) groups is 2. The first-order chi connectivity index (χ1) is 16.5. The Kier molecular flexibility index (Phi) is 7.18. The summed E-state index contributed by atoms with van der Waals surface area (Å²) in [6.45, 7) is 4.15. The number of aromatic nitrogens is 2. The molecule has 6 nitrogen and oxygen atoms in total. The third-order valence-corrected chi connectivity index (χ3v) is 5.54. The molecule has 0 radical (unpaired) electrons. The molecular weight excluding hydrogens is 424 g/mol. The Balaban J connectivity index is 1.59. The van der Waals surface area contributed by atoms with Crippen molar-refractivity contribution < 1.29 is 9.59 Å².